The van der Waals surface area contributed by atoms with Gasteiger partial charge in [0.15, 0.2) is 6.04 Å². The number of hydrogen-bond acceptors (Lipinski definition) is 6. The van der Waals surface area contributed by atoms with Crippen LogP contribution >= 0.6 is 0 Å². The lowest BCUT2D eigenvalue weighted by Gasteiger charge is -2.19. The summed E-state index contributed by atoms with van der Waals surface area (Å²) in [6.07, 6.45) is -5.22. The Kier molecular flexibility index (Phi) is 4.96. The van der Waals surface area contributed by atoms with Crippen LogP contribution in [-0.2, 0) is 15.7 Å². The van der Waals surface area contributed by atoms with Crippen molar-refractivity contribution in [3.8, 4) is 6.08 Å². The van der Waals surface area contributed by atoms with E-state index in [4.69, 9.17) is 4.74 Å². The van der Waals surface area contributed by atoms with Gasteiger partial charge in [-0.2, -0.15) is 17.9 Å². The molecule has 0 fully saturated rings. The van der Waals surface area contributed by atoms with Gasteiger partial charge in [-0.05, 0) is 13.0 Å². The summed E-state index contributed by atoms with van der Waals surface area (Å²) in [6, 6.07) is 2.57. The number of benzene rings is 1. The molecule has 0 amide bonds. The third-order valence-electron chi connectivity index (χ3n) is 3.04. The van der Waals surface area contributed by atoms with Gasteiger partial charge in [0.25, 0.3) is 0 Å². The highest BCUT2D eigenvalue weighted by atomic mass is 19.4. The van der Waals surface area contributed by atoms with Crippen LogP contribution in [0.25, 0.3) is 0 Å². The fourth-order valence-corrected chi connectivity index (χ4v) is 2.09. The zero-order chi connectivity index (χ0) is 17.9. The molecule has 0 N–H and O–H groups in total. The molecule has 0 saturated carbocycles. The van der Waals surface area contributed by atoms with Gasteiger partial charge in [0, 0.05) is 5.56 Å². The minimum Gasteiger partial charge on any atom is -0.464 e. The van der Waals surface area contributed by atoms with Gasteiger partial charge in [-0.15, -0.1) is 0 Å². The number of carbonyl (C=O) groups is 1. The number of halogens is 3. The SMILES string of the molecule is CCOC(=O)C(c1ccccc1C(F)(F)F)n1nc(OC)oc1=O. The maximum absolute atomic E-state index is 13.2. The second-order valence-corrected chi connectivity index (χ2v) is 4.52. The molecule has 1 aromatic carbocycles. The van der Waals surface area contributed by atoms with Crippen molar-refractivity contribution in [1.82, 2.24) is 9.78 Å². The van der Waals surface area contributed by atoms with Gasteiger partial charge in [-0.3, -0.25) is 0 Å². The topological polar surface area (TPSA) is 83.6 Å². The van der Waals surface area contributed by atoms with Crippen LogP contribution < -0.4 is 10.5 Å². The number of ether oxygens (including phenoxy) is 2. The van der Waals surface area contributed by atoms with Gasteiger partial charge in [0.1, 0.15) is 0 Å². The Morgan fingerprint density at radius 1 is 1.38 bits per heavy atom. The summed E-state index contributed by atoms with van der Waals surface area (Å²) in [6.45, 7) is 1.39. The average molecular weight is 346 g/mol. The summed E-state index contributed by atoms with van der Waals surface area (Å²) in [5, 5.41) is 3.58. The third-order valence-corrected chi connectivity index (χ3v) is 3.04. The summed E-state index contributed by atoms with van der Waals surface area (Å²) < 4.78 is 54.2. The quantitative estimate of drug-likeness (QED) is 0.770. The normalized spacial score (nSPS) is 12.7. The van der Waals surface area contributed by atoms with Crippen LogP contribution in [0.15, 0.2) is 33.5 Å². The van der Waals surface area contributed by atoms with Crippen LogP contribution in [0.2, 0.25) is 0 Å². The van der Waals surface area contributed by atoms with Crippen LogP contribution in [0.3, 0.4) is 0 Å². The number of methoxy groups -OCH3 is 1. The first-order valence-electron chi connectivity index (χ1n) is 6.76. The van der Waals surface area contributed by atoms with Crippen molar-refractivity contribution in [3.63, 3.8) is 0 Å². The first-order chi connectivity index (χ1) is 11.3. The summed E-state index contributed by atoms with van der Waals surface area (Å²) >= 11 is 0. The fraction of sp³-hybridized carbons (Fsp3) is 0.357. The van der Waals surface area contributed by atoms with Crippen molar-refractivity contribution in [2.45, 2.75) is 19.1 Å². The molecule has 10 heteroatoms. The molecule has 0 aliphatic carbocycles. The molecule has 130 valence electrons. The van der Waals surface area contributed by atoms with Crippen molar-refractivity contribution in [1.29, 1.82) is 0 Å². The van der Waals surface area contributed by atoms with Crippen molar-refractivity contribution < 1.29 is 31.9 Å². The highest BCUT2D eigenvalue weighted by Crippen LogP contribution is 2.35. The van der Waals surface area contributed by atoms with E-state index in [0.29, 0.717) is 4.68 Å². The van der Waals surface area contributed by atoms with E-state index >= 15 is 0 Å². The van der Waals surface area contributed by atoms with Gasteiger partial charge >= 0.3 is 24.0 Å². The lowest BCUT2D eigenvalue weighted by Crippen LogP contribution is -2.32. The molecule has 0 saturated heterocycles. The lowest BCUT2D eigenvalue weighted by atomic mass is 10.00. The predicted molar refractivity (Wildman–Crippen MR) is 73.5 cm³/mol. The Bertz CT molecular complexity index is 781. The van der Waals surface area contributed by atoms with Gasteiger partial charge in [0.2, 0.25) is 0 Å². The Balaban J connectivity index is 2.67. The van der Waals surface area contributed by atoms with Crippen molar-refractivity contribution >= 4 is 5.97 Å². The monoisotopic (exact) mass is 346 g/mol. The van der Waals surface area contributed by atoms with Crippen LogP contribution in [-0.4, -0.2) is 29.5 Å². The number of carbonyl (C=O) groups excluding carboxylic acids is 1. The number of aromatic nitrogens is 2. The molecule has 0 aliphatic rings. The van der Waals surface area contributed by atoms with Crippen LogP contribution in [0.5, 0.6) is 6.08 Å². The molecule has 2 aromatic rings. The van der Waals surface area contributed by atoms with Gasteiger partial charge in [-0.25, -0.2) is 9.59 Å². The van der Waals surface area contributed by atoms with Crippen LogP contribution in [0.1, 0.15) is 24.1 Å². The summed E-state index contributed by atoms with van der Waals surface area (Å²) in [5.74, 6) is -2.23. The van der Waals surface area contributed by atoms with Gasteiger partial charge in [-0.1, -0.05) is 23.3 Å². The van der Waals surface area contributed by atoms with Crippen molar-refractivity contribution in [2.24, 2.45) is 0 Å². The molecular weight excluding hydrogens is 333 g/mol. The number of alkyl halides is 3. The molecule has 1 heterocycles. The predicted octanol–water partition coefficient (Wildman–Crippen LogP) is 2.02. The highest BCUT2D eigenvalue weighted by molar-refractivity contribution is 5.78. The smallest absolute Gasteiger partial charge is 0.440 e. The number of esters is 1. The molecule has 0 radical (unpaired) electrons. The molecule has 2 rings (SSSR count). The molecule has 1 unspecified atom stereocenters. The minimum absolute atomic E-state index is 0.0900. The van der Waals surface area contributed by atoms with E-state index in [0.717, 1.165) is 19.2 Å². The van der Waals surface area contributed by atoms with E-state index in [2.05, 4.69) is 14.3 Å². The summed E-state index contributed by atoms with van der Waals surface area (Å²) in [7, 11) is 1.15. The van der Waals surface area contributed by atoms with Crippen LogP contribution in [0, 0.1) is 0 Å². The Labute approximate surface area is 133 Å². The van der Waals surface area contributed by atoms with E-state index in [-0.39, 0.29) is 6.61 Å². The van der Waals surface area contributed by atoms with Gasteiger partial charge < -0.3 is 13.9 Å². The van der Waals surface area contributed by atoms with Gasteiger partial charge in [0.05, 0.1) is 19.3 Å². The second-order valence-electron chi connectivity index (χ2n) is 4.52. The summed E-state index contributed by atoms with van der Waals surface area (Å²) in [4.78, 5) is 24.0. The molecular formula is C14H13F3N2O5. The largest absolute Gasteiger partial charge is 0.464 e. The highest BCUT2D eigenvalue weighted by Gasteiger charge is 2.39. The zero-order valence-electron chi connectivity index (χ0n) is 12.7. The maximum Gasteiger partial charge on any atom is 0.440 e. The molecule has 0 bridgehead atoms. The van der Waals surface area contributed by atoms with Crippen LogP contribution in [0.4, 0.5) is 13.2 Å². The number of hydrogen-bond donors (Lipinski definition) is 0. The van der Waals surface area contributed by atoms with E-state index in [1.807, 2.05) is 0 Å². The molecule has 24 heavy (non-hydrogen) atoms. The van der Waals surface area contributed by atoms with E-state index < -0.39 is 41.1 Å². The van der Waals surface area contributed by atoms with Crippen molar-refractivity contribution in [2.75, 3.05) is 13.7 Å². The fourth-order valence-electron chi connectivity index (χ4n) is 2.09. The average Bonchev–Trinajstić information content (AvgIpc) is 2.88. The molecule has 0 spiro atoms. The number of rotatable bonds is 5. The first kappa shape index (κ1) is 17.6. The van der Waals surface area contributed by atoms with E-state index in [1.165, 1.54) is 19.1 Å². The molecule has 1 atom stereocenters. The Morgan fingerprint density at radius 3 is 2.58 bits per heavy atom. The second kappa shape index (κ2) is 6.77. The van der Waals surface area contributed by atoms with E-state index in [9.17, 15) is 22.8 Å². The van der Waals surface area contributed by atoms with E-state index in [1.54, 1.807) is 0 Å². The molecule has 7 nitrogen and oxygen atoms in total. The molecule has 0 aliphatic heterocycles. The Hall–Kier alpha value is -2.78. The lowest BCUT2D eigenvalue weighted by molar-refractivity contribution is -0.147. The first-order valence-corrected chi connectivity index (χ1v) is 6.76. The third kappa shape index (κ3) is 3.42. The summed E-state index contributed by atoms with van der Waals surface area (Å²) in [5.41, 5.74) is -1.57. The maximum atomic E-state index is 13.2. The minimum atomic E-state index is -4.74. The Morgan fingerprint density at radius 2 is 2.04 bits per heavy atom. The number of nitrogens with zero attached hydrogens (tertiary/aromatic N) is 2. The standard InChI is InChI=1S/C14H13F3N2O5/c1-3-23-11(20)10(19-13(21)24-12(18-19)22-2)8-6-4-5-7-9(8)14(15,16)17/h4-7,10H,3H2,1-2H3. The zero-order valence-corrected chi connectivity index (χ0v) is 12.7. The molecule has 1 aromatic heterocycles. The van der Waals surface area contributed by atoms with Crippen molar-refractivity contribution in [3.05, 3.63) is 45.9 Å².